The molecule has 0 heterocycles. The molecule has 112 valence electrons. The van der Waals surface area contributed by atoms with Gasteiger partial charge in [0.1, 0.15) is 0 Å². The van der Waals surface area contributed by atoms with E-state index in [-0.39, 0.29) is 10.9 Å². The van der Waals surface area contributed by atoms with Crippen molar-refractivity contribution < 1.29 is 17.2 Å². The van der Waals surface area contributed by atoms with E-state index < -0.39 is 15.6 Å². The van der Waals surface area contributed by atoms with Crippen LogP contribution in [-0.2, 0) is 9.84 Å². The molecule has 7 heteroatoms. The smallest absolute Gasteiger partial charge is 0.341 e. The van der Waals surface area contributed by atoms with E-state index in [0.717, 1.165) is 19.3 Å². The van der Waals surface area contributed by atoms with Crippen molar-refractivity contribution in [1.82, 2.24) is 0 Å². The van der Waals surface area contributed by atoms with E-state index in [4.69, 9.17) is 5.73 Å². The Kier molecular flexibility index (Phi) is 4.59. The van der Waals surface area contributed by atoms with Crippen LogP contribution in [0.5, 0.6) is 0 Å². The van der Waals surface area contributed by atoms with Crippen molar-refractivity contribution in [3.63, 3.8) is 0 Å². The molecule has 4 nitrogen and oxygen atoms in total. The molecule has 0 bridgehead atoms. The lowest BCUT2D eigenvalue weighted by atomic mass is 9.91. The molecule has 1 aromatic carbocycles. The Hall–Kier alpha value is -1.21. The van der Waals surface area contributed by atoms with Gasteiger partial charge in [-0.05, 0) is 31.4 Å². The lowest BCUT2D eigenvalue weighted by Crippen LogP contribution is -2.43. The summed E-state index contributed by atoms with van der Waals surface area (Å²) in [4.78, 5) is 1.54. The minimum atomic E-state index is -4.60. The van der Waals surface area contributed by atoms with Crippen molar-refractivity contribution in [1.29, 1.82) is 0 Å². The van der Waals surface area contributed by atoms with Crippen LogP contribution in [0.15, 0.2) is 29.2 Å². The van der Waals surface area contributed by atoms with Crippen molar-refractivity contribution in [3.8, 4) is 0 Å². The second-order valence-electron chi connectivity index (χ2n) is 4.84. The number of rotatable bonds is 6. The Bertz CT molecular complexity index is 559. The van der Waals surface area contributed by atoms with Gasteiger partial charge in [-0.25, -0.2) is 8.42 Å². The maximum Gasteiger partial charge on any atom is 0.341 e. The van der Waals surface area contributed by atoms with E-state index in [0.29, 0.717) is 18.8 Å². The van der Waals surface area contributed by atoms with Gasteiger partial charge >= 0.3 is 5.76 Å². The SMILES string of the molecule is NCCN(c1ccccc1S(=O)(=O)C(F)F)C1CCC1. The molecule has 2 N–H and O–H groups in total. The summed E-state index contributed by atoms with van der Waals surface area (Å²) in [7, 11) is -4.60. The minimum Gasteiger partial charge on any atom is -0.366 e. The van der Waals surface area contributed by atoms with Gasteiger partial charge in [0, 0.05) is 19.1 Å². The second kappa shape index (κ2) is 6.05. The third-order valence-corrected chi connectivity index (χ3v) is 5.03. The van der Waals surface area contributed by atoms with E-state index in [1.807, 2.05) is 4.90 Å². The van der Waals surface area contributed by atoms with Gasteiger partial charge in [0.2, 0.25) is 9.84 Å². The van der Waals surface area contributed by atoms with Crippen LogP contribution in [-0.4, -0.2) is 33.3 Å². The van der Waals surface area contributed by atoms with Crippen LogP contribution in [0, 0.1) is 0 Å². The fourth-order valence-corrected chi connectivity index (χ4v) is 3.31. The molecular weight excluding hydrogens is 286 g/mol. The molecule has 0 atom stereocenters. The maximum absolute atomic E-state index is 12.8. The lowest BCUT2D eigenvalue weighted by molar-refractivity contribution is 0.234. The molecule has 1 saturated carbocycles. The largest absolute Gasteiger partial charge is 0.366 e. The van der Waals surface area contributed by atoms with E-state index >= 15 is 0 Å². The molecule has 0 aromatic heterocycles. The van der Waals surface area contributed by atoms with Crippen molar-refractivity contribution >= 4 is 15.5 Å². The first-order valence-corrected chi connectivity index (χ1v) is 8.11. The standard InChI is InChI=1S/C13H18F2N2O2S/c14-13(15)20(18,19)12-7-2-1-6-11(12)17(9-8-16)10-4-3-5-10/h1-2,6-7,10,13H,3-5,8-9,16H2. The van der Waals surface area contributed by atoms with Crippen molar-refractivity contribution in [2.45, 2.75) is 36.0 Å². The average molecular weight is 304 g/mol. The molecule has 1 fully saturated rings. The number of anilines is 1. The first-order chi connectivity index (χ1) is 9.48. The van der Waals surface area contributed by atoms with Crippen molar-refractivity contribution in [2.24, 2.45) is 5.73 Å². The summed E-state index contributed by atoms with van der Waals surface area (Å²) in [6, 6.07) is 6.11. The van der Waals surface area contributed by atoms with Gasteiger partial charge in [-0.2, -0.15) is 8.78 Å². The van der Waals surface area contributed by atoms with Gasteiger partial charge in [0.25, 0.3) is 0 Å². The zero-order valence-corrected chi connectivity index (χ0v) is 11.8. The zero-order valence-electron chi connectivity index (χ0n) is 11.0. The second-order valence-corrected chi connectivity index (χ2v) is 6.73. The normalized spacial score (nSPS) is 16.2. The molecule has 0 unspecified atom stereocenters. The number of para-hydroxylation sites is 1. The minimum absolute atomic E-state index is 0.188. The van der Waals surface area contributed by atoms with Gasteiger partial charge in [-0.1, -0.05) is 12.1 Å². The summed E-state index contributed by atoms with van der Waals surface area (Å²) < 4.78 is 49.2. The van der Waals surface area contributed by atoms with Gasteiger partial charge in [-0.15, -0.1) is 0 Å². The monoisotopic (exact) mass is 304 g/mol. The van der Waals surface area contributed by atoms with Gasteiger partial charge in [0.05, 0.1) is 10.6 Å². The Morgan fingerprint density at radius 2 is 1.95 bits per heavy atom. The molecule has 1 aliphatic rings. The summed E-state index contributed by atoms with van der Waals surface area (Å²) >= 11 is 0. The summed E-state index contributed by atoms with van der Waals surface area (Å²) in [5.74, 6) is -3.41. The Balaban J connectivity index is 2.45. The van der Waals surface area contributed by atoms with Crippen molar-refractivity contribution in [2.75, 3.05) is 18.0 Å². The number of sulfone groups is 1. The first kappa shape index (κ1) is 15.2. The van der Waals surface area contributed by atoms with Crippen molar-refractivity contribution in [3.05, 3.63) is 24.3 Å². The third-order valence-electron chi connectivity index (χ3n) is 3.60. The number of alkyl halides is 2. The van der Waals surface area contributed by atoms with Crippen LogP contribution in [0.4, 0.5) is 14.5 Å². The predicted octanol–water partition coefficient (Wildman–Crippen LogP) is 2.00. The van der Waals surface area contributed by atoms with Crippen LogP contribution < -0.4 is 10.6 Å². The van der Waals surface area contributed by atoms with Crippen LogP contribution in [0.3, 0.4) is 0 Å². The Morgan fingerprint density at radius 3 is 2.45 bits per heavy atom. The molecule has 0 radical (unpaired) electrons. The average Bonchev–Trinajstić information content (AvgIpc) is 2.36. The van der Waals surface area contributed by atoms with E-state index in [2.05, 4.69) is 0 Å². The number of halogens is 2. The van der Waals surface area contributed by atoms with Gasteiger partial charge in [-0.3, -0.25) is 0 Å². The molecule has 0 amide bonds. The highest BCUT2D eigenvalue weighted by atomic mass is 32.2. The summed E-state index contributed by atoms with van der Waals surface area (Å²) in [5.41, 5.74) is 5.90. The summed E-state index contributed by atoms with van der Waals surface area (Å²) in [6.45, 7) is 0.806. The third kappa shape index (κ3) is 2.78. The molecule has 0 saturated heterocycles. The Morgan fingerprint density at radius 1 is 1.30 bits per heavy atom. The topological polar surface area (TPSA) is 63.4 Å². The zero-order chi connectivity index (χ0) is 14.8. The number of nitrogens with zero attached hydrogens (tertiary/aromatic N) is 1. The quantitative estimate of drug-likeness (QED) is 0.873. The van der Waals surface area contributed by atoms with Gasteiger partial charge < -0.3 is 10.6 Å². The molecular formula is C13H18F2N2O2S. The number of hydrogen-bond donors (Lipinski definition) is 1. The van der Waals surface area contributed by atoms with Crippen LogP contribution in [0.25, 0.3) is 0 Å². The van der Waals surface area contributed by atoms with Crippen LogP contribution >= 0.6 is 0 Å². The highest BCUT2D eigenvalue weighted by molar-refractivity contribution is 7.91. The molecule has 2 rings (SSSR count). The maximum atomic E-state index is 12.8. The number of benzene rings is 1. The fourth-order valence-electron chi connectivity index (χ4n) is 2.37. The highest BCUT2D eigenvalue weighted by Gasteiger charge is 2.33. The molecule has 0 aliphatic heterocycles. The molecule has 20 heavy (non-hydrogen) atoms. The Labute approximate surface area is 117 Å². The predicted molar refractivity (Wildman–Crippen MR) is 73.7 cm³/mol. The van der Waals surface area contributed by atoms with Gasteiger partial charge in [0.15, 0.2) is 0 Å². The lowest BCUT2D eigenvalue weighted by Gasteiger charge is -2.39. The van der Waals surface area contributed by atoms with E-state index in [9.17, 15) is 17.2 Å². The summed E-state index contributed by atoms with van der Waals surface area (Å²) in [6.07, 6.45) is 2.93. The number of nitrogens with two attached hydrogens (primary N) is 1. The van der Waals surface area contributed by atoms with Crippen LogP contribution in [0.1, 0.15) is 19.3 Å². The van der Waals surface area contributed by atoms with Crippen LogP contribution in [0.2, 0.25) is 0 Å². The molecule has 0 spiro atoms. The highest BCUT2D eigenvalue weighted by Crippen LogP contribution is 2.34. The summed E-state index contributed by atoms with van der Waals surface area (Å²) in [5, 5.41) is 0. The van der Waals surface area contributed by atoms with E-state index in [1.54, 1.807) is 12.1 Å². The molecule has 1 aliphatic carbocycles. The number of hydrogen-bond acceptors (Lipinski definition) is 4. The van der Waals surface area contributed by atoms with E-state index in [1.165, 1.54) is 12.1 Å². The first-order valence-electron chi connectivity index (χ1n) is 6.56. The molecule has 1 aromatic rings. The fraction of sp³-hybridized carbons (Fsp3) is 0.538.